The van der Waals surface area contributed by atoms with Gasteiger partial charge in [0.1, 0.15) is 5.75 Å². The van der Waals surface area contributed by atoms with Gasteiger partial charge in [0.25, 0.3) is 5.91 Å². The number of ether oxygens (including phenoxy) is 3. The summed E-state index contributed by atoms with van der Waals surface area (Å²) in [6, 6.07) is 17.5. The molecule has 7 heteroatoms. The molecule has 0 unspecified atom stereocenters. The van der Waals surface area contributed by atoms with Crippen molar-refractivity contribution >= 4 is 17.5 Å². The van der Waals surface area contributed by atoms with Gasteiger partial charge in [0, 0.05) is 31.6 Å². The van der Waals surface area contributed by atoms with E-state index in [1.165, 1.54) is 0 Å². The van der Waals surface area contributed by atoms with Crippen LogP contribution in [0.5, 0.6) is 5.75 Å². The molecule has 5 rings (SSSR count). The monoisotopic (exact) mass is 466 g/mol. The first-order chi connectivity index (χ1) is 16.0. The van der Waals surface area contributed by atoms with Crippen LogP contribution in [-0.4, -0.2) is 54.6 Å². The van der Waals surface area contributed by atoms with Crippen LogP contribution in [0.1, 0.15) is 28.9 Å². The van der Waals surface area contributed by atoms with Crippen molar-refractivity contribution in [2.24, 2.45) is 0 Å². The van der Waals surface area contributed by atoms with E-state index >= 15 is 0 Å². The van der Waals surface area contributed by atoms with E-state index in [-0.39, 0.29) is 5.91 Å². The zero-order chi connectivity index (χ0) is 23.0. The first-order valence-electron chi connectivity index (χ1n) is 11.2. The van der Waals surface area contributed by atoms with Crippen LogP contribution < -0.4 is 4.74 Å². The molecule has 2 aliphatic rings. The molecule has 2 aromatic carbocycles. The van der Waals surface area contributed by atoms with Gasteiger partial charge in [-0.05, 0) is 55.0 Å². The molecule has 0 aliphatic carbocycles. The lowest BCUT2D eigenvalue weighted by atomic mass is 10.0. The van der Waals surface area contributed by atoms with Crippen LogP contribution in [0.4, 0.5) is 0 Å². The topological polar surface area (TPSA) is 52.9 Å². The van der Waals surface area contributed by atoms with Gasteiger partial charge in [-0.3, -0.25) is 4.79 Å². The van der Waals surface area contributed by atoms with Gasteiger partial charge >= 0.3 is 0 Å². The number of nitrogens with zero attached hydrogens (tertiary/aromatic N) is 2. The van der Waals surface area contributed by atoms with Gasteiger partial charge in [0.15, 0.2) is 5.79 Å². The Morgan fingerprint density at radius 3 is 2.33 bits per heavy atom. The number of carbonyl (C=O) groups is 1. The Morgan fingerprint density at radius 1 is 1.03 bits per heavy atom. The number of carbonyl (C=O) groups excluding carboxylic acids is 1. The highest BCUT2D eigenvalue weighted by molar-refractivity contribution is 6.32. The molecule has 0 N–H and O–H groups in total. The average Bonchev–Trinajstić information content (AvgIpc) is 3.44. The van der Waals surface area contributed by atoms with Gasteiger partial charge in [0.2, 0.25) is 0 Å². The van der Waals surface area contributed by atoms with Crippen LogP contribution in [0.25, 0.3) is 16.9 Å². The first kappa shape index (κ1) is 22.0. The quantitative estimate of drug-likeness (QED) is 0.537. The number of hydrogen-bond donors (Lipinski definition) is 0. The molecule has 2 saturated heterocycles. The number of aromatic nitrogens is 1. The Balaban J connectivity index is 1.53. The van der Waals surface area contributed by atoms with Crippen molar-refractivity contribution in [3.63, 3.8) is 0 Å². The number of likely N-dealkylation sites (tertiary alicyclic amines) is 1. The minimum Gasteiger partial charge on any atom is -0.497 e. The summed E-state index contributed by atoms with van der Waals surface area (Å²) >= 11 is 6.58. The molecule has 0 saturated carbocycles. The van der Waals surface area contributed by atoms with E-state index in [4.69, 9.17) is 25.8 Å². The number of benzene rings is 2. The van der Waals surface area contributed by atoms with Crippen molar-refractivity contribution in [2.45, 2.75) is 25.6 Å². The van der Waals surface area contributed by atoms with E-state index in [1.807, 2.05) is 66.4 Å². The minimum absolute atomic E-state index is 0.0147. The van der Waals surface area contributed by atoms with E-state index < -0.39 is 5.79 Å². The Kier molecular flexibility index (Phi) is 5.91. The van der Waals surface area contributed by atoms with Crippen molar-refractivity contribution in [2.75, 3.05) is 33.4 Å². The van der Waals surface area contributed by atoms with Gasteiger partial charge < -0.3 is 23.7 Å². The molecular formula is C26H27ClN2O4. The second-order valence-electron chi connectivity index (χ2n) is 8.44. The zero-order valence-corrected chi connectivity index (χ0v) is 19.6. The smallest absolute Gasteiger partial charge is 0.255 e. The molecule has 3 heterocycles. The summed E-state index contributed by atoms with van der Waals surface area (Å²) < 4.78 is 19.0. The van der Waals surface area contributed by atoms with Crippen LogP contribution in [0, 0.1) is 6.92 Å². The van der Waals surface area contributed by atoms with Gasteiger partial charge in [-0.2, -0.15) is 0 Å². The van der Waals surface area contributed by atoms with Crippen LogP contribution >= 0.6 is 11.6 Å². The normalized spacial score (nSPS) is 17.5. The Labute approximate surface area is 198 Å². The predicted molar refractivity (Wildman–Crippen MR) is 127 cm³/mol. The fourth-order valence-electron chi connectivity index (χ4n) is 4.75. The molecule has 33 heavy (non-hydrogen) atoms. The highest BCUT2D eigenvalue weighted by Crippen LogP contribution is 2.35. The van der Waals surface area contributed by atoms with Crippen LogP contribution in [0.3, 0.4) is 0 Å². The van der Waals surface area contributed by atoms with Crippen molar-refractivity contribution in [1.82, 2.24) is 9.47 Å². The molecule has 6 nitrogen and oxygen atoms in total. The molecule has 2 aliphatic heterocycles. The standard InChI is InChI=1S/C26H27ClN2O4/c1-18-21(25(30)28-13-11-26(12-14-28)32-15-16-33-26)17-24(19-7-9-20(31-2)10-8-19)29(18)23-6-4-3-5-22(23)27/h3-10,17H,11-16H2,1-2H3. The highest BCUT2D eigenvalue weighted by atomic mass is 35.5. The maximum atomic E-state index is 13.6. The number of piperidine rings is 1. The predicted octanol–water partition coefficient (Wildman–Crippen LogP) is 5.09. The van der Waals surface area contributed by atoms with E-state index in [9.17, 15) is 4.79 Å². The number of amides is 1. The molecule has 2 fully saturated rings. The van der Waals surface area contributed by atoms with E-state index in [2.05, 4.69) is 4.57 Å². The summed E-state index contributed by atoms with van der Waals surface area (Å²) in [5.41, 5.74) is 4.25. The number of methoxy groups -OCH3 is 1. The molecule has 3 aromatic rings. The molecule has 172 valence electrons. The summed E-state index contributed by atoms with van der Waals surface area (Å²) in [5.74, 6) is 0.283. The van der Waals surface area contributed by atoms with Crippen molar-refractivity contribution < 1.29 is 19.0 Å². The third-order valence-corrected chi connectivity index (χ3v) is 6.90. The molecule has 0 radical (unpaired) electrons. The molecular weight excluding hydrogens is 440 g/mol. The maximum absolute atomic E-state index is 13.6. The lowest BCUT2D eigenvalue weighted by Crippen LogP contribution is -2.47. The van der Waals surface area contributed by atoms with E-state index in [1.54, 1.807) is 7.11 Å². The summed E-state index contributed by atoms with van der Waals surface area (Å²) in [4.78, 5) is 15.5. The van der Waals surface area contributed by atoms with Crippen molar-refractivity contribution in [1.29, 1.82) is 0 Å². The van der Waals surface area contributed by atoms with Crippen LogP contribution in [0.15, 0.2) is 54.6 Å². The van der Waals surface area contributed by atoms with Crippen LogP contribution in [0.2, 0.25) is 5.02 Å². The minimum atomic E-state index is -0.510. The van der Waals surface area contributed by atoms with E-state index in [0.29, 0.717) is 49.7 Å². The lowest BCUT2D eigenvalue weighted by Gasteiger charge is -2.37. The fourth-order valence-corrected chi connectivity index (χ4v) is 4.97. The molecule has 1 aromatic heterocycles. The zero-order valence-electron chi connectivity index (χ0n) is 18.8. The highest BCUT2D eigenvalue weighted by Gasteiger charge is 2.41. The average molecular weight is 467 g/mol. The van der Waals surface area contributed by atoms with Gasteiger partial charge in [-0.25, -0.2) is 0 Å². The molecule has 1 amide bonds. The third kappa shape index (κ3) is 4.03. The second kappa shape index (κ2) is 8.86. The third-order valence-electron chi connectivity index (χ3n) is 6.58. The fraction of sp³-hybridized carbons (Fsp3) is 0.346. The number of para-hydroxylation sites is 1. The summed E-state index contributed by atoms with van der Waals surface area (Å²) in [6.07, 6.45) is 1.38. The Bertz CT molecular complexity index is 1160. The SMILES string of the molecule is COc1ccc(-c2cc(C(=O)N3CCC4(CC3)OCCO4)c(C)n2-c2ccccc2Cl)cc1. The lowest BCUT2D eigenvalue weighted by molar-refractivity contribution is -0.181. The summed E-state index contributed by atoms with van der Waals surface area (Å²) in [7, 11) is 1.65. The van der Waals surface area contributed by atoms with Crippen molar-refractivity contribution in [3.05, 3.63) is 70.9 Å². The van der Waals surface area contributed by atoms with Gasteiger partial charge in [0.05, 0.1) is 42.3 Å². The second-order valence-corrected chi connectivity index (χ2v) is 8.85. The molecule has 0 bridgehead atoms. The molecule has 0 atom stereocenters. The number of hydrogen-bond acceptors (Lipinski definition) is 4. The maximum Gasteiger partial charge on any atom is 0.255 e. The number of halogens is 1. The Morgan fingerprint density at radius 2 is 1.70 bits per heavy atom. The van der Waals surface area contributed by atoms with Gasteiger partial charge in [-0.15, -0.1) is 0 Å². The van der Waals surface area contributed by atoms with E-state index in [0.717, 1.165) is 28.4 Å². The first-order valence-corrected chi connectivity index (χ1v) is 11.6. The summed E-state index contributed by atoms with van der Waals surface area (Å²) in [6.45, 7) is 4.43. The molecule has 1 spiro atoms. The number of rotatable bonds is 4. The largest absolute Gasteiger partial charge is 0.497 e. The Hall–Kier alpha value is -2.80. The van der Waals surface area contributed by atoms with Crippen molar-refractivity contribution in [3.8, 4) is 22.7 Å². The van der Waals surface area contributed by atoms with Gasteiger partial charge in [-0.1, -0.05) is 23.7 Å². The summed E-state index contributed by atoms with van der Waals surface area (Å²) in [5, 5.41) is 0.625. The van der Waals surface area contributed by atoms with Crippen LogP contribution in [-0.2, 0) is 9.47 Å².